The number of ether oxygens (including phenoxy) is 1. The number of hydrogen-bond acceptors (Lipinski definition) is 4. The van der Waals surface area contributed by atoms with Gasteiger partial charge in [0.25, 0.3) is 5.91 Å². The third kappa shape index (κ3) is 4.68. The summed E-state index contributed by atoms with van der Waals surface area (Å²) in [5, 5.41) is 3.90. The number of hydrogen-bond donors (Lipinski definition) is 1. The minimum atomic E-state index is -0.287. The minimum absolute atomic E-state index is 0.0584. The van der Waals surface area contributed by atoms with Gasteiger partial charge in [0.2, 0.25) is 0 Å². The Morgan fingerprint density at radius 1 is 1.33 bits per heavy atom. The summed E-state index contributed by atoms with van der Waals surface area (Å²) >= 11 is 4.91. The normalized spacial score (nSPS) is 10.8. The summed E-state index contributed by atoms with van der Waals surface area (Å²) in [6.07, 6.45) is 1.60. The van der Waals surface area contributed by atoms with E-state index in [2.05, 4.69) is 26.5 Å². The van der Waals surface area contributed by atoms with Gasteiger partial charge in [0.15, 0.2) is 6.61 Å². The lowest BCUT2D eigenvalue weighted by atomic mass is 10.1. The topological polar surface area (TPSA) is 50.7 Å². The van der Waals surface area contributed by atoms with Gasteiger partial charge in [-0.25, -0.2) is 5.43 Å². The highest BCUT2D eigenvalue weighted by atomic mass is 79.9. The quantitative estimate of drug-likeness (QED) is 0.648. The minimum Gasteiger partial charge on any atom is -0.483 e. The maximum atomic E-state index is 11.7. The molecule has 21 heavy (non-hydrogen) atoms. The van der Waals surface area contributed by atoms with Crippen LogP contribution in [-0.2, 0) is 4.79 Å². The van der Waals surface area contributed by atoms with Gasteiger partial charge in [0.05, 0.1) is 10.0 Å². The summed E-state index contributed by atoms with van der Waals surface area (Å²) in [5.74, 6) is 0.461. The van der Waals surface area contributed by atoms with Crippen molar-refractivity contribution in [1.29, 1.82) is 0 Å². The molecule has 0 saturated heterocycles. The molecule has 6 heteroatoms. The summed E-state index contributed by atoms with van der Waals surface area (Å²) in [7, 11) is 0. The lowest BCUT2D eigenvalue weighted by Crippen LogP contribution is -2.24. The Hall–Kier alpha value is -1.66. The van der Waals surface area contributed by atoms with E-state index in [1.807, 2.05) is 44.2 Å². The van der Waals surface area contributed by atoms with Crippen LogP contribution < -0.4 is 10.2 Å². The van der Waals surface area contributed by atoms with Crippen LogP contribution in [0.2, 0.25) is 0 Å². The lowest BCUT2D eigenvalue weighted by molar-refractivity contribution is -0.123. The molecule has 2 rings (SSSR count). The number of nitrogens with zero attached hydrogens (tertiary/aromatic N) is 1. The Morgan fingerprint density at radius 2 is 2.05 bits per heavy atom. The number of hydrazone groups is 1. The number of carbonyl (C=O) groups is 1. The van der Waals surface area contributed by atoms with E-state index in [0.29, 0.717) is 0 Å². The second kappa shape index (κ2) is 7.38. The molecule has 110 valence electrons. The summed E-state index contributed by atoms with van der Waals surface area (Å²) in [6.45, 7) is 3.84. The summed E-state index contributed by atoms with van der Waals surface area (Å²) < 4.78 is 6.57. The van der Waals surface area contributed by atoms with Gasteiger partial charge in [-0.05, 0) is 53.0 Å². The SMILES string of the molecule is Cc1cccc(C)c1OCC(=O)N/N=C/c1ccc(Br)s1. The monoisotopic (exact) mass is 366 g/mol. The van der Waals surface area contributed by atoms with Crippen molar-refractivity contribution in [2.45, 2.75) is 13.8 Å². The highest BCUT2D eigenvalue weighted by Gasteiger charge is 2.06. The van der Waals surface area contributed by atoms with Crippen molar-refractivity contribution in [1.82, 2.24) is 5.43 Å². The van der Waals surface area contributed by atoms with Gasteiger partial charge in [-0.15, -0.1) is 11.3 Å². The Kier molecular flexibility index (Phi) is 5.52. The van der Waals surface area contributed by atoms with Crippen molar-refractivity contribution in [3.63, 3.8) is 0 Å². The molecule has 0 radical (unpaired) electrons. The van der Waals surface area contributed by atoms with Crippen molar-refractivity contribution in [2.24, 2.45) is 5.10 Å². The molecule has 0 atom stereocenters. The third-order valence-electron chi connectivity index (χ3n) is 2.73. The molecule has 0 aliphatic heterocycles. The molecule has 2 aromatic rings. The van der Waals surface area contributed by atoms with Gasteiger partial charge in [-0.3, -0.25) is 4.79 Å². The average molecular weight is 367 g/mol. The first-order chi connectivity index (χ1) is 10.1. The number of nitrogens with one attached hydrogen (secondary N) is 1. The third-order valence-corrected chi connectivity index (χ3v) is 4.29. The molecule has 0 aliphatic rings. The molecule has 1 aromatic heterocycles. The second-order valence-corrected chi connectivity index (χ2v) is 6.94. The molecule has 1 N–H and O–H groups in total. The van der Waals surface area contributed by atoms with Crippen LogP contribution in [-0.4, -0.2) is 18.7 Å². The van der Waals surface area contributed by atoms with E-state index < -0.39 is 0 Å². The van der Waals surface area contributed by atoms with Crippen molar-refractivity contribution in [2.75, 3.05) is 6.61 Å². The van der Waals surface area contributed by atoms with Crippen LogP contribution in [0.3, 0.4) is 0 Å². The molecule has 1 aromatic carbocycles. The number of para-hydroxylation sites is 1. The zero-order valence-corrected chi connectivity index (χ0v) is 14.1. The zero-order valence-electron chi connectivity index (χ0n) is 11.7. The lowest BCUT2D eigenvalue weighted by Gasteiger charge is -2.10. The van der Waals surface area contributed by atoms with E-state index >= 15 is 0 Å². The molecule has 1 amide bonds. The van der Waals surface area contributed by atoms with Gasteiger partial charge in [-0.1, -0.05) is 18.2 Å². The summed E-state index contributed by atoms with van der Waals surface area (Å²) in [6, 6.07) is 9.70. The fraction of sp³-hybridized carbons (Fsp3) is 0.200. The van der Waals surface area contributed by atoms with Crippen molar-refractivity contribution in [3.05, 3.63) is 50.1 Å². The van der Waals surface area contributed by atoms with E-state index in [4.69, 9.17) is 4.74 Å². The smallest absolute Gasteiger partial charge is 0.277 e. The average Bonchev–Trinajstić information content (AvgIpc) is 2.84. The zero-order chi connectivity index (χ0) is 15.2. The van der Waals surface area contributed by atoms with Gasteiger partial charge < -0.3 is 4.74 Å². The van der Waals surface area contributed by atoms with Crippen LogP contribution in [0.15, 0.2) is 39.2 Å². The van der Waals surface area contributed by atoms with Crippen LogP contribution in [0.1, 0.15) is 16.0 Å². The molecule has 0 unspecified atom stereocenters. The van der Waals surface area contributed by atoms with Crippen molar-refractivity contribution in [3.8, 4) is 5.75 Å². The highest BCUT2D eigenvalue weighted by molar-refractivity contribution is 9.11. The van der Waals surface area contributed by atoms with Gasteiger partial charge >= 0.3 is 0 Å². The summed E-state index contributed by atoms with van der Waals surface area (Å²) in [5.41, 5.74) is 4.46. The van der Waals surface area contributed by atoms with Crippen LogP contribution in [0.25, 0.3) is 0 Å². The van der Waals surface area contributed by atoms with E-state index in [0.717, 1.165) is 25.5 Å². The Morgan fingerprint density at radius 3 is 2.67 bits per heavy atom. The number of carbonyl (C=O) groups excluding carboxylic acids is 1. The van der Waals surface area contributed by atoms with Crippen LogP contribution in [0.4, 0.5) is 0 Å². The predicted molar refractivity (Wildman–Crippen MR) is 89.2 cm³/mol. The van der Waals surface area contributed by atoms with E-state index in [9.17, 15) is 4.79 Å². The fourth-order valence-electron chi connectivity index (χ4n) is 1.76. The largest absolute Gasteiger partial charge is 0.483 e. The van der Waals surface area contributed by atoms with Crippen LogP contribution in [0.5, 0.6) is 5.75 Å². The van der Waals surface area contributed by atoms with Crippen LogP contribution in [0, 0.1) is 13.8 Å². The van der Waals surface area contributed by atoms with Crippen LogP contribution >= 0.6 is 27.3 Å². The molecule has 0 fully saturated rings. The standard InChI is InChI=1S/C15H15BrN2O2S/c1-10-4-3-5-11(2)15(10)20-9-14(19)18-17-8-12-6-7-13(16)21-12/h3-8H,9H2,1-2H3,(H,18,19)/b17-8+. The Balaban J connectivity index is 1.84. The van der Waals surface area contributed by atoms with Gasteiger partial charge in [-0.2, -0.15) is 5.10 Å². The molecule has 4 nitrogen and oxygen atoms in total. The number of rotatable bonds is 5. The number of aryl methyl sites for hydroxylation is 2. The molecule has 0 aliphatic carbocycles. The Labute approximate surface area is 136 Å². The van der Waals surface area contributed by atoms with Crippen molar-refractivity contribution >= 4 is 39.4 Å². The highest BCUT2D eigenvalue weighted by Crippen LogP contribution is 2.22. The maximum Gasteiger partial charge on any atom is 0.277 e. The predicted octanol–water partition coefficient (Wildman–Crippen LogP) is 3.66. The fourth-order valence-corrected chi connectivity index (χ4v) is 3.06. The number of thiophene rings is 1. The van der Waals surface area contributed by atoms with E-state index in [-0.39, 0.29) is 12.5 Å². The second-order valence-electron chi connectivity index (χ2n) is 4.44. The Bertz CT molecular complexity index is 647. The van der Waals surface area contributed by atoms with Crippen molar-refractivity contribution < 1.29 is 9.53 Å². The first-order valence-corrected chi connectivity index (χ1v) is 7.93. The molecule has 0 bridgehead atoms. The first kappa shape index (κ1) is 15.7. The first-order valence-electron chi connectivity index (χ1n) is 6.32. The van der Waals surface area contributed by atoms with E-state index in [1.54, 1.807) is 6.21 Å². The number of halogens is 1. The molecule has 0 saturated carbocycles. The summed E-state index contributed by atoms with van der Waals surface area (Å²) in [4.78, 5) is 12.6. The van der Waals surface area contributed by atoms with E-state index in [1.165, 1.54) is 11.3 Å². The molecular formula is C15H15BrN2O2S. The molecule has 0 spiro atoms. The van der Waals surface area contributed by atoms with Gasteiger partial charge in [0.1, 0.15) is 5.75 Å². The number of amides is 1. The molecular weight excluding hydrogens is 352 g/mol. The number of benzene rings is 1. The molecule has 1 heterocycles. The van der Waals surface area contributed by atoms with Gasteiger partial charge in [0, 0.05) is 4.88 Å². The maximum absolute atomic E-state index is 11.7.